The van der Waals surface area contributed by atoms with E-state index in [1.807, 2.05) is 11.8 Å². The molecule has 2 aliphatic rings. The number of rotatable bonds is 3. The van der Waals surface area contributed by atoms with E-state index in [9.17, 15) is 22.4 Å². The Morgan fingerprint density at radius 3 is 2.50 bits per heavy atom. The van der Waals surface area contributed by atoms with Crippen molar-refractivity contribution in [3.63, 3.8) is 0 Å². The largest absolute Gasteiger partial charge is 0.342 e. The minimum atomic E-state index is -4.02. The normalized spacial score (nSPS) is 20.0. The first-order valence-corrected chi connectivity index (χ1v) is 10.1. The predicted octanol–water partition coefficient (Wildman–Crippen LogP) is 0.948. The Bertz CT molecular complexity index is 848. The summed E-state index contributed by atoms with van der Waals surface area (Å²) in [6.07, 6.45) is 1.81. The van der Waals surface area contributed by atoms with Gasteiger partial charge in [-0.3, -0.25) is 9.59 Å². The second kappa shape index (κ2) is 6.62. The van der Waals surface area contributed by atoms with Gasteiger partial charge in [-0.25, -0.2) is 17.9 Å². The predicted molar refractivity (Wildman–Crippen MR) is 92.2 cm³/mol. The molecular weight excluding hydrogens is 361 g/mol. The zero-order chi connectivity index (χ0) is 19.1. The molecule has 0 radical (unpaired) electrons. The van der Waals surface area contributed by atoms with Crippen molar-refractivity contribution in [2.24, 2.45) is 10.6 Å². The van der Waals surface area contributed by atoms with Crippen molar-refractivity contribution in [3.8, 4) is 0 Å². The molecule has 2 heterocycles. The van der Waals surface area contributed by atoms with Crippen molar-refractivity contribution in [1.82, 2.24) is 9.80 Å². The number of halogens is 1. The number of hydrogen-bond acceptors (Lipinski definition) is 4. The number of piperidine rings is 1. The Kier molecular flexibility index (Phi) is 4.78. The van der Waals surface area contributed by atoms with Gasteiger partial charge < -0.3 is 9.80 Å². The Labute approximate surface area is 152 Å². The van der Waals surface area contributed by atoms with Gasteiger partial charge in [-0.1, -0.05) is 0 Å². The number of amides is 2. The van der Waals surface area contributed by atoms with E-state index < -0.39 is 21.7 Å². The molecule has 2 aliphatic heterocycles. The van der Waals surface area contributed by atoms with E-state index in [1.165, 1.54) is 4.90 Å². The van der Waals surface area contributed by atoms with E-state index in [1.54, 1.807) is 0 Å². The van der Waals surface area contributed by atoms with Crippen LogP contribution in [0, 0.1) is 11.2 Å². The van der Waals surface area contributed by atoms with Gasteiger partial charge in [0.05, 0.1) is 10.5 Å². The zero-order valence-corrected chi connectivity index (χ0v) is 15.4. The maximum atomic E-state index is 14.1. The molecule has 0 aromatic heterocycles. The molecule has 26 heavy (non-hydrogen) atoms. The Morgan fingerprint density at radius 2 is 1.96 bits per heavy atom. The van der Waals surface area contributed by atoms with E-state index in [4.69, 9.17) is 5.14 Å². The molecule has 7 nitrogen and oxygen atoms in total. The molecule has 2 saturated heterocycles. The van der Waals surface area contributed by atoms with Crippen LogP contribution in [-0.4, -0.2) is 56.2 Å². The molecule has 2 amide bonds. The standard InChI is InChI=1S/C17H22FN3O4S/c1-2-20-11-17(10-15(20)22)5-7-21(8-6-17)16(23)13-9-12(26(19,24)25)3-4-14(13)18/h3-4,9H,2,5-8,10-11H2,1H3,(H2,19,24,25). The van der Waals surface area contributed by atoms with Gasteiger partial charge in [0.1, 0.15) is 5.82 Å². The molecule has 3 rings (SSSR count). The van der Waals surface area contributed by atoms with Crippen molar-refractivity contribution in [1.29, 1.82) is 0 Å². The molecule has 2 N–H and O–H groups in total. The van der Waals surface area contributed by atoms with Crippen LogP contribution in [0.1, 0.15) is 36.5 Å². The number of carbonyl (C=O) groups is 2. The highest BCUT2D eigenvalue weighted by Gasteiger charge is 2.45. The van der Waals surface area contributed by atoms with Crippen LogP contribution in [0.4, 0.5) is 4.39 Å². The Morgan fingerprint density at radius 1 is 1.31 bits per heavy atom. The molecule has 0 atom stereocenters. The summed E-state index contributed by atoms with van der Waals surface area (Å²) in [7, 11) is -4.02. The topological polar surface area (TPSA) is 101 Å². The van der Waals surface area contributed by atoms with Crippen LogP contribution < -0.4 is 5.14 Å². The van der Waals surface area contributed by atoms with E-state index in [-0.39, 0.29) is 21.8 Å². The highest BCUT2D eigenvalue weighted by atomic mass is 32.2. The molecule has 142 valence electrons. The van der Waals surface area contributed by atoms with E-state index in [0.29, 0.717) is 45.4 Å². The van der Waals surface area contributed by atoms with Gasteiger partial charge in [-0.15, -0.1) is 0 Å². The van der Waals surface area contributed by atoms with Gasteiger partial charge in [0, 0.05) is 38.0 Å². The van der Waals surface area contributed by atoms with Gasteiger partial charge in [0.2, 0.25) is 15.9 Å². The molecule has 0 aliphatic carbocycles. The maximum absolute atomic E-state index is 14.1. The third-order valence-corrected chi connectivity index (χ3v) is 6.31. The molecule has 2 fully saturated rings. The molecule has 9 heteroatoms. The summed E-state index contributed by atoms with van der Waals surface area (Å²) in [6, 6.07) is 2.96. The number of hydrogen-bond donors (Lipinski definition) is 1. The van der Waals surface area contributed by atoms with Crippen LogP contribution in [0.2, 0.25) is 0 Å². The average Bonchev–Trinajstić information content (AvgIpc) is 2.89. The van der Waals surface area contributed by atoms with Crippen LogP contribution in [0.25, 0.3) is 0 Å². The number of nitrogens with zero attached hydrogens (tertiary/aromatic N) is 2. The van der Waals surface area contributed by atoms with Crippen molar-refractivity contribution >= 4 is 21.8 Å². The molecule has 0 bridgehead atoms. The molecule has 1 aromatic rings. The van der Waals surface area contributed by atoms with Crippen LogP contribution in [0.5, 0.6) is 0 Å². The van der Waals surface area contributed by atoms with Crippen LogP contribution in [0.15, 0.2) is 23.1 Å². The molecule has 1 aromatic carbocycles. The number of nitrogens with two attached hydrogens (primary N) is 1. The first kappa shape index (κ1) is 18.8. The van der Waals surface area contributed by atoms with Crippen molar-refractivity contribution in [3.05, 3.63) is 29.6 Å². The van der Waals surface area contributed by atoms with Gasteiger partial charge in [0.25, 0.3) is 5.91 Å². The highest BCUT2D eigenvalue weighted by Crippen LogP contribution is 2.41. The number of primary sulfonamides is 1. The quantitative estimate of drug-likeness (QED) is 0.840. The third kappa shape index (κ3) is 3.45. The fourth-order valence-corrected chi connectivity index (χ4v) is 4.34. The number of sulfonamides is 1. The van der Waals surface area contributed by atoms with Gasteiger partial charge >= 0.3 is 0 Å². The van der Waals surface area contributed by atoms with Gasteiger partial charge in [-0.2, -0.15) is 0 Å². The maximum Gasteiger partial charge on any atom is 0.256 e. The second-order valence-electron chi connectivity index (χ2n) is 7.06. The number of carbonyl (C=O) groups excluding carboxylic acids is 2. The minimum absolute atomic E-state index is 0.120. The summed E-state index contributed by atoms with van der Waals surface area (Å²) < 4.78 is 37.0. The van der Waals surface area contributed by atoms with E-state index >= 15 is 0 Å². The van der Waals surface area contributed by atoms with Crippen molar-refractivity contribution in [2.75, 3.05) is 26.2 Å². The average molecular weight is 383 g/mol. The fourth-order valence-electron chi connectivity index (χ4n) is 3.80. The first-order chi connectivity index (χ1) is 12.1. The fraction of sp³-hybridized carbons (Fsp3) is 0.529. The summed E-state index contributed by atoms with van der Waals surface area (Å²) in [5, 5.41) is 5.06. The second-order valence-corrected chi connectivity index (χ2v) is 8.62. The summed E-state index contributed by atoms with van der Waals surface area (Å²) >= 11 is 0. The van der Waals surface area contributed by atoms with Crippen LogP contribution in [0.3, 0.4) is 0 Å². The first-order valence-electron chi connectivity index (χ1n) is 8.55. The number of likely N-dealkylation sites (tertiary alicyclic amines) is 2. The van der Waals surface area contributed by atoms with Gasteiger partial charge in [0.15, 0.2) is 0 Å². The SMILES string of the molecule is CCN1CC2(CCN(C(=O)c3cc(S(N)(=O)=O)ccc3F)CC2)CC1=O. The highest BCUT2D eigenvalue weighted by molar-refractivity contribution is 7.89. The lowest BCUT2D eigenvalue weighted by molar-refractivity contribution is -0.127. The summed E-state index contributed by atoms with van der Waals surface area (Å²) in [5.41, 5.74) is -0.421. The Balaban J connectivity index is 1.75. The molecule has 0 saturated carbocycles. The Hall–Kier alpha value is -2.00. The van der Waals surface area contributed by atoms with E-state index in [0.717, 1.165) is 18.2 Å². The summed E-state index contributed by atoms with van der Waals surface area (Å²) in [4.78, 5) is 27.7. The molecule has 0 unspecified atom stereocenters. The molecular formula is C17H22FN3O4S. The van der Waals surface area contributed by atoms with Crippen LogP contribution >= 0.6 is 0 Å². The lowest BCUT2D eigenvalue weighted by atomic mass is 9.77. The van der Waals surface area contributed by atoms with Crippen molar-refractivity contribution < 1.29 is 22.4 Å². The number of benzene rings is 1. The molecule has 1 spiro atoms. The van der Waals surface area contributed by atoms with Crippen molar-refractivity contribution in [2.45, 2.75) is 31.1 Å². The van der Waals surface area contributed by atoms with Crippen LogP contribution in [-0.2, 0) is 14.8 Å². The zero-order valence-electron chi connectivity index (χ0n) is 14.6. The summed E-state index contributed by atoms with van der Waals surface area (Å²) in [5.74, 6) is -1.20. The lowest BCUT2D eigenvalue weighted by Crippen LogP contribution is -2.44. The smallest absolute Gasteiger partial charge is 0.256 e. The monoisotopic (exact) mass is 383 g/mol. The lowest BCUT2D eigenvalue weighted by Gasteiger charge is -2.38. The minimum Gasteiger partial charge on any atom is -0.342 e. The van der Waals surface area contributed by atoms with E-state index in [2.05, 4.69) is 0 Å². The van der Waals surface area contributed by atoms with Gasteiger partial charge in [-0.05, 0) is 38.0 Å². The third-order valence-electron chi connectivity index (χ3n) is 5.40. The summed E-state index contributed by atoms with van der Waals surface area (Å²) in [6.45, 7) is 4.12.